The molecule has 1 aromatic carbocycles. The van der Waals surface area contributed by atoms with Gasteiger partial charge in [0, 0.05) is 39.2 Å². The van der Waals surface area contributed by atoms with E-state index < -0.39 is 23.8 Å². The van der Waals surface area contributed by atoms with Crippen molar-refractivity contribution in [3.05, 3.63) is 34.9 Å². The highest BCUT2D eigenvalue weighted by atomic mass is 16.5. The zero-order valence-corrected chi connectivity index (χ0v) is 16.2. The number of imide groups is 2. The lowest BCUT2D eigenvalue weighted by molar-refractivity contribution is -0.136. The fourth-order valence-electron chi connectivity index (χ4n) is 4.14. The molecular formula is C20H24N4O5. The van der Waals surface area contributed by atoms with Crippen LogP contribution in [0.4, 0.5) is 0 Å². The summed E-state index contributed by atoms with van der Waals surface area (Å²) in [6, 6.07) is 4.54. The lowest BCUT2D eigenvalue weighted by atomic mass is 10.0. The molecule has 1 aromatic rings. The van der Waals surface area contributed by atoms with E-state index in [1.807, 2.05) is 6.07 Å². The fourth-order valence-corrected chi connectivity index (χ4v) is 4.14. The Morgan fingerprint density at radius 1 is 1.17 bits per heavy atom. The number of nitrogens with one attached hydrogen (secondary N) is 3. The first-order valence-electron chi connectivity index (χ1n) is 9.79. The number of piperidine rings is 1. The summed E-state index contributed by atoms with van der Waals surface area (Å²) >= 11 is 0. The van der Waals surface area contributed by atoms with Gasteiger partial charge in [-0.25, -0.2) is 0 Å². The summed E-state index contributed by atoms with van der Waals surface area (Å²) in [7, 11) is 1.71. The van der Waals surface area contributed by atoms with E-state index in [-0.39, 0.29) is 24.9 Å². The lowest BCUT2D eigenvalue weighted by Crippen LogP contribution is -2.54. The zero-order valence-electron chi connectivity index (χ0n) is 16.2. The molecule has 3 aliphatic rings. The Labute approximate surface area is 168 Å². The SMILES string of the molecule is COC1CNC(CNCc2ccc3c(c2)C(=O)N(C2CCC(=O)NC2=O)C3=O)C1. The molecule has 154 valence electrons. The molecule has 3 aliphatic heterocycles. The van der Waals surface area contributed by atoms with Crippen LogP contribution in [-0.2, 0) is 20.9 Å². The van der Waals surface area contributed by atoms with Crippen molar-refractivity contribution in [3.63, 3.8) is 0 Å². The molecule has 2 fully saturated rings. The molecule has 2 saturated heterocycles. The van der Waals surface area contributed by atoms with Crippen molar-refractivity contribution in [3.8, 4) is 0 Å². The first-order valence-corrected chi connectivity index (χ1v) is 9.79. The van der Waals surface area contributed by atoms with E-state index in [2.05, 4.69) is 16.0 Å². The van der Waals surface area contributed by atoms with E-state index in [4.69, 9.17) is 4.74 Å². The number of ether oxygens (including phenoxy) is 1. The minimum atomic E-state index is -0.941. The van der Waals surface area contributed by atoms with Crippen molar-refractivity contribution in [1.29, 1.82) is 0 Å². The number of fused-ring (bicyclic) bond motifs is 1. The van der Waals surface area contributed by atoms with Crippen molar-refractivity contribution >= 4 is 23.6 Å². The predicted octanol–water partition coefficient (Wildman–Crippen LogP) is -0.446. The van der Waals surface area contributed by atoms with E-state index in [1.54, 1.807) is 19.2 Å². The zero-order chi connectivity index (χ0) is 20.5. The van der Waals surface area contributed by atoms with Crippen molar-refractivity contribution < 1.29 is 23.9 Å². The normalized spacial score (nSPS) is 26.8. The summed E-state index contributed by atoms with van der Waals surface area (Å²) in [5.41, 5.74) is 1.48. The topological polar surface area (TPSA) is 117 Å². The third kappa shape index (κ3) is 3.81. The Morgan fingerprint density at radius 3 is 2.69 bits per heavy atom. The standard InChI is InChI=1S/C20H24N4O5/c1-29-13-7-12(22-10-13)9-21-8-11-2-3-14-15(6-11)20(28)24(19(14)27)16-4-5-17(25)23-18(16)26/h2-3,6,12-13,16,21-22H,4-5,7-10H2,1H3,(H,23,25,26). The first-order chi connectivity index (χ1) is 14.0. The number of rotatable bonds is 6. The van der Waals surface area contributed by atoms with Crippen molar-refractivity contribution in [2.24, 2.45) is 0 Å². The van der Waals surface area contributed by atoms with Gasteiger partial charge in [0.1, 0.15) is 6.04 Å². The third-order valence-electron chi connectivity index (χ3n) is 5.74. The summed E-state index contributed by atoms with van der Waals surface area (Å²) in [6.45, 7) is 2.17. The van der Waals surface area contributed by atoms with Crippen LogP contribution in [0.2, 0.25) is 0 Å². The predicted molar refractivity (Wildman–Crippen MR) is 102 cm³/mol. The maximum atomic E-state index is 12.8. The highest BCUT2D eigenvalue weighted by molar-refractivity contribution is 6.23. The van der Waals surface area contributed by atoms with Crippen molar-refractivity contribution in [1.82, 2.24) is 20.9 Å². The monoisotopic (exact) mass is 400 g/mol. The van der Waals surface area contributed by atoms with Crippen LogP contribution in [0.5, 0.6) is 0 Å². The number of hydrogen-bond donors (Lipinski definition) is 3. The van der Waals surface area contributed by atoms with Gasteiger partial charge in [-0.1, -0.05) is 6.07 Å². The second kappa shape index (κ2) is 8.02. The van der Waals surface area contributed by atoms with Crippen LogP contribution in [0.1, 0.15) is 45.5 Å². The third-order valence-corrected chi connectivity index (χ3v) is 5.74. The van der Waals surface area contributed by atoms with Gasteiger partial charge in [0.05, 0.1) is 17.2 Å². The number of benzene rings is 1. The quantitative estimate of drug-likeness (QED) is 0.554. The maximum Gasteiger partial charge on any atom is 0.262 e. The van der Waals surface area contributed by atoms with Gasteiger partial charge >= 0.3 is 0 Å². The van der Waals surface area contributed by atoms with Crippen molar-refractivity contribution in [2.45, 2.75) is 44.0 Å². The van der Waals surface area contributed by atoms with E-state index in [0.717, 1.165) is 30.0 Å². The molecule has 29 heavy (non-hydrogen) atoms. The Bertz CT molecular complexity index is 870. The molecule has 4 amide bonds. The van der Waals surface area contributed by atoms with Crippen LogP contribution in [-0.4, -0.2) is 66.9 Å². The summed E-state index contributed by atoms with van der Waals surface area (Å²) in [4.78, 5) is 50.0. The summed E-state index contributed by atoms with van der Waals surface area (Å²) in [5, 5.41) is 8.95. The second-order valence-electron chi connectivity index (χ2n) is 7.66. The molecule has 0 aliphatic carbocycles. The van der Waals surface area contributed by atoms with Gasteiger partial charge < -0.3 is 15.4 Å². The summed E-state index contributed by atoms with van der Waals surface area (Å²) in [5.74, 6) is -1.96. The van der Waals surface area contributed by atoms with Crippen LogP contribution in [0.25, 0.3) is 0 Å². The van der Waals surface area contributed by atoms with Gasteiger partial charge in [0.25, 0.3) is 11.8 Å². The van der Waals surface area contributed by atoms with Gasteiger partial charge in [-0.3, -0.25) is 29.4 Å². The molecule has 4 rings (SSSR count). The van der Waals surface area contributed by atoms with Crippen molar-refractivity contribution in [2.75, 3.05) is 20.2 Å². The lowest BCUT2D eigenvalue weighted by Gasteiger charge is -2.27. The first kappa shape index (κ1) is 19.7. The Kier molecular flexibility index (Phi) is 5.44. The largest absolute Gasteiger partial charge is 0.380 e. The van der Waals surface area contributed by atoms with Crippen LogP contribution in [0, 0.1) is 0 Å². The summed E-state index contributed by atoms with van der Waals surface area (Å²) in [6.07, 6.45) is 1.45. The van der Waals surface area contributed by atoms with Gasteiger partial charge in [-0.15, -0.1) is 0 Å². The van der Waals surface area contributed by atoms with Gasteiger partial charge in [0.2, 0.25) is 11.8 Å². The molecule has 0 radical (unpaired) electrons. The molecule has 0 aromatic heterocycles. The Balaban J connectivity index is 1.40. The van der Waals surface area contributed by atoms with E-state index in [0.29, 0.717) is 23.7 Å². The molecule has 0 saturated carbocycles. The van der Waals surface area contributed by atoms with Gasteiger partial charge in [0.15, 0.2) is 0 Å². The van der Waals surface area contributed by atoms with Crippen LogP contribution < -0.4 is 16.0 Å². The summed E-state index contributed by atoms with van der Waals surface area (Å²) < 4.78 is 5.34. The second-order valence-corrected chi connectivity index (χ2v) is 7.66. The molecular weight excluding hydrogens is 376 g/mol. The molecule has 0 bridgehead atoms. The number of carbonyl (C=O) groups excluding carboxylic acids is 4. The van der Waals surface area contributed by atoms with Gasteiger partial charge in [-0.05, 0) is 30.5 Å². The molecule has 3 atom stereocenters. The fraction of sp³-hybridized carbons (Fsp3) is 0.500. The van der Waals surface area contributed by atoms with Crippen LogP contribution >= 0.6 is 0 Å². The highest BCUT2D eigenvalue weighted by Gasteiger charge is 2.44. The average molecular weight is 400 g/mol. The van der Waals surface area contributed by atoms with E-state index in [1.165, 1.54) is 0 Å². The number of hydrogen-bond acceptors (Lipinski definition) is 7. The molecule has 3 unspecified atom stereocenters. The molecule has 3 N–H and O–H groups in total. The van der Waals surface area contributed by atoms with Crippen LogP contribution in [0.15, 0.2) is 18.2 Å². The highest BCUT2D eigenvalue weighted by Crippen LogP contribution is 2.28. The number of nitrogens with zero attached hydrogens (tertiary/aromatic N) is 1. The number of carbonyl (C=O) groups is 4. The molecule has 9 heteroatoms. The van der Waals surface area contributed by atoms with Gasteiger partial charge in [-0.2, -0.15) is 0 Å². The van der Waals surface area contributed by atoms with E-state index in [9.17, 15) is 19.2 Å². The minimum Gasteiger partial charge on any atom is -0.380 e. The number of methoxy groups -OCH3 is 1. The number of amides is 4. The molecule has 3 heterocycles. The molecule has 9 nitrogen and oxygen atoms in total. The van der Waals surface area contributed by atoms with Crippen LogP contribution in [0.3, 0.4) is 0 Å². The molecule has 0 spiro atoms. The smallest absolute Gasteiger partial charge is 0.262 e. The Hall–Kier alpha value is -2.62. The minimum absolute atomic E-state index is 0.109. The van der Waals surface area contributed by atoms with E-state index >= 15 is 0 Å². The Morgan fingerprint density at radius 2 is 1.97 bits per heavy atom. The average Bonchev–Trinajstić information content (AvgIpc) is 3.26. The maximum absolute atomic E-state index is 12.8.